The fourth-order valence-corrected chi connectivity index (χ4v) is 2.11. The van der Waals surface area contributed by atoms with E-state index in [0.717, 1.165) is 11.1 Å². The molecule has 0 unspecified atom stereocenters. The molecule has 5 nitrogen and oxygen atoms in total. The zero-order valence-electron chi connectivity index (χ0n) is 14.9. The lowest BCUT2D eigenvalue weighted by Crippen LogP contribution is -2.46. The third kappa shape index (κ3) is 5.44. The molecule has 26 heavy (non-hydrogen) atoms. The summed E-state index contributed by atoms with van der Waals surface area (Å²) in [5, 5.41) is 0. The van der Waals surface area contributed by atoms with Gasteiger partial charge in [0.05, 0.1) is 0 Å². The van der Waals surface area contributed by atoms with Gasteiger partial charge in [0.1, 0.15) is 11.6 Å². The number of halogens is 1. The normalized spacial score (nSPS) is 11.8. The summed E-state index contributed by atoms with van der Waals surface area (Å²) in [5.41, 5.74) is 7.27. The van der Waals surface area contributed by atoms with E-state index in [1.165, 1.54) is 36.4 Å². The van der Waals surface area contributed by atoms with Gasteiger partial charge in [-0.3, -0.25) is 20.4 Å². The van der Waals surface area contributed by atoms with Crippen molar-refractivity contribution in [2.45, 2.75) is 26.9 Å². The smallest absolute Gasteiger partial charge is 0.279 e. The van der Waals surface area contributed by atoms with E-state index in [1.54, 1.807) is 13.0 Å². The van der Waals surface area contributed by atoms with Gasteiger partial charge in [-0.1, -0.05) is 24.3 Å². The second-order valence-corrected chi connectivity index (χ2v) is 5.82. The summed E-state index contributed by atoms with van der Waals surface area (Å²) in [6.07, 6.45) is 1.97. The van der Waals surface area contributed by atoms with E-state index in [-0.39, 0.29) is 5.82 Å². The second-order valence-electron chi connectivity index (χ2n) is 5.82. The number of amides is 2. The van der Waals surface area contributed by atoms with E-state index >= 15 is 0 Å². The first kappa shape index (κ1) is 19.2. The molecule has 0 saturated heterocycles. The van der Waals surface area contributed by atoms with E-state index in [4.69, 9.17) is 4.74 Å². The number of ether oxygens (including phenoxy) is 1. The quantitative estimate of drug-likeness (QED) is 0.639. The second kappa shape index (κ2) is 8.80. The van der Waals surface area contributed by atoms with E-state index in [2.05, 4.69) is 10.9 Å². The van der Waals surface area contributed by atoms with Crippen LogP contribution < -0.4 is 15.6 Å². The van der Waals surface area contributed by atoms with Crippen LogP contribution in [0, 0.1) is 19.7 Å². The number of rotatable bonds is 5. The Labute approximate surface area is 151 Å². The Kier molecular flexibility index (Phi) is 6.49. The molecular weight excluding hydrogens is 335 g/mol. The van der Waals surface area contributed by atoms with Gasteiger partial charge in [-0.2, -0.15) is 0 Å². The first-order valence-corrected chi connectivity index (χ1v) is 8.13. The zero-order chi connectivity index (χ0) is 19.1. The number of benzene rings is 2. The van der Waals surface area contributed by atoms with Crippen molar-refractivity contribution < 1.29 is 18.7 Å². The molecule has 2 amide bonds. The molecule has 0 aliphatic heterocycles. The molecule has 6 heteroatoms. The Morgan fingerprint density at radius 3 is 2.46 bits per heavy atom. The van der Waals surface area contributed by atoms with Gasteiger partial charge < -0.3 is 4.74 Å². The molecule has 2 aromatic carbocycles. The van der Waals surface area contributed by atoms with Crippen molar-refractivity contribution in [2.24, 2.45) is 0 Å². The van der Waals surface area contributed by atoms with Gasteiger partial charge >= 0.3 is 0 Å². The molecule has 1 atom stereocenters. The number of carbonyl (C=O) groups excluding carboxylic acids is 2. The summed E-state index contributed by atoms with van der Waals surface area (Å²) in [4.78, 5) is 23.8. The maximum Gasteiger partial charge on any atom is 0.279 e. The SMILES string of the molecule is Cc1cccc(O[C@@H](C)C(=O)NNC(=O)/C=C/c2ccc(F)cc2)c1C. The van der Waals surface area contributed by atoms with Crippen LogP contribution in [-0.2, 0) is 9.59 Å². The fraction of sp³-hybridized carbons (Fsp3) is 0.200. The third-order valence-electron chi connectivity index (χ3n) is 3.83. The molecule has 0 aromatic heterocycles. The number of nitrogens with one attached hydrogen (secondary N) is 2. The van der Waals surface area contributed by atoms with Crippen molar-refractivity contribution in [3.8, 4) is 5.75 Å². The van der Waals surface area contributed by atoms with Gasteiger partial charge in [-0.15, -0.1) is 0 Å². The number of carbonyl (C=O) groups is 2. The van der Waals surface area contributed by atoms with Gasteiger partial charge in [0.2, 0.25) is 0 Å². The summed E-state index contributed by atoms with van der Waals surface area (Å²) >= 11 is 0. The van der Waals surface area contributed by atoms with Gasteiger partial charge in [0.25, 0.3) is 11.8 Å². The van der Waals surface area contributed by atoms with Crippen LogP contribution in [-0.4, -0.2) is 17.9 Å². The van der Waals surface area contributed by atoms with Gasteiger partial charge in [0.15, 0.2) is 6.10 Å². The Hall–Kier alpha value is -3.15. The number of hydrogen-bond acceptors (Lipinski definition) is 3. The molecule has 0 radical (unpaired) electrons. The summed E-state index contributed by atoms with van der Waals surface area (Å²) < 4.78 is 18.5. The van der Waals surface area contributed by atoms with Crippen LogP contribution in [0.25, 0.3) is 6.08 Å². The van der Waals surface area contributed by atoms with Crippen molar-refractivity contribution >= 4 is 17.9 Å². The van der Waals surface area contributed by atoms with Crippen LogP contribution >= 0.6 is 0 Å². The molecule has 2 N–H and O–H groups in total. The molecule has 2 rings (SSSR count). The Balaban J connectivity index is 1.84. The van der Waals surface area contributed by atoms with Crippen molar-refractivity contribution in [3.05, 3.63) is 71.0 Å². The lowest BCUT2D eigenvalue weighted by atomic mass is 10.1. The summed E-state index contributed by atoms with van der Waals surface area (Å²) in [5.74, 6) is -0.720. The Morgan fingerprint density at radius 2 is 1.77 bits per heavy atom. The largest absolute Gasteiger partial charge is 0.481 e. The molecule has 136 valence electrons. The predicted octanol–water partition coefficient (Wildman–Crippen LogP) is 3.07. The highest BCUT2D eigenvalue weighted by molar-refractivity contribution is 5.93. The first-order chi connectivity index (χ1) is 12.4. The third-order valence-corrected chi connectivity index (χ3v) is 3.83. The van der Waals surface area contributed by atoms with Gasteiger partial charge in [-0.25, -0.2) is 4.39 Å². The monoisotopic (exact) mass is 356 g/mol. The highest BCUT2D eigenvalue weighted by Crippen LogP contribution is 2.21. The van der Waals surface area contributed by atoms with E-state index < -0.39 is 17.9 Å². The molecule has 0 heterocycles. The van der Waals surface area contributed by atoms with Crippen LogP contribution in [0.5, 0.6) is 5.75 Å². The predicted molar refractivity (Wildman–Crippen MR) is 97.7 cm³/mol. The minimum absolute atomic E-state index is 0.350. The fourth-order valence-electron chi connectivity index (χ4n) is 2.11. The van der Waals surface area contributed by atoms with E-state index in [1.807, 2.05) is 26.0 Å². The highest BCUT2D eigenvalue weighted by Gasteiger charge is 2.16. The molecule has 0 saturated carbocycles. The molecule has 0 aliphatic rings. The van der Waals surface area contributed by atoms with Crippen molar-refractivity contribution in [1.82, 2.24) is 10.9 Å². The van der Waals surface area contributed by atoms with Crippen molar-refractivity contribution in [3.63, 3.8) is 0 Å². The molecule has 0 aliphatic carbocycles. The summed E-state index contributed by atoms with van der Waals surface area (Å²) in [6, 6.07) is 11.3. The number of hydrazine groups is 1. The maximum absolute atomic E-state index is 12.8. The molecule has 0 fully saturated rings. The van der Waals surface area contributed by atoms with Gasteiger partial charge in [-0.05, 0) is 61.7 Å². The summed E-state index contributed by atoms with van der Waals surface area (Å²) in [6.45, 7) is 5.47. The number of aryl methyl sites for hydroxylation is 1. The van der Waals surface area contributed by atoms with Crippen LogP contribution in [0.2, 0.25) is 0 Å². The van der Waals surface area contributed by atoms with Crippen molar-refractivity contribution in [2.75, 3.05) is 0 Å². The maximum atomic E-state index is 12.8. The van der Waals surface area contributed by atoms with E-state index in [9.17, 15) is 14.0 Å². The highest BCUT2D eigenvalue weighted by atomic mass is 19.1. The Morgan fingerprint density at radius 1 is 1.08 bits per heavy atom. The molecule has 0 spiro atoms. The molecule has 2 aromatic rings. The van der Waals surface area contributed by atoms with Crippen LogP contribution in [0.1, 0.15) is 23.6 Å². The first-order valence-electron chi connectivity index (χ1n) is 8.13. The lowest BCUT2D eigenvalue weighted by molar-refractivity contribution is -0.131. The van der Waals surface area contributed by atoms with Crippen LogP contribution in [0.4, 0.5) is 4.39 Å². The van der Waals surface area contributed by atoms with Crippen LogP contribution in [0.3, 0.4) is 0 Å². The van der Waals surface area contributed by atoms with Crippen LogP contribution in [0.15, 0.2) is 48.5 Å². The lowest BCUT2D eigenvalue weighted by Gasteiger charge is -2.17. The number of hydrogen-bond donors (Lipinski definition) is 2. The minimum Gasteiger partial charge on any atom is -0.481 e. The topological polar surface area (TPSA) is 67.4 Å². The average Bonchev–Trinajstić information content (AvgIpc) is 2.63. The van der Waals surface area contributed by atoms with E-state index in [0.29, 0.717) is 11.3 Å². The Bertz CT molecular complexity index is 816. The molecular formula is C20H21FN2O3. The van der Waals surface area contributed by atoms with Crippen molar-refractivity contribution in [1.29, 1.82) is 0 Å². The summed E-state index contributed by atoms with van der Waals surface area (Å²) in [7, 11) is 0. The standard InChI is InChI=1S/C20H21FN2O3/c1-13-5-4-6-18(14(13)2)26-15(3)20(25)23-22-19(24)12-9-16-7-10-17(21)11-8-16/h4-12,15H,1-3H3,(H,22,24)(H,23,25)/b12-9+/t15-/m0/s1. The average molecular weight is 356 g/mol. The zero-order valence-corrected chi connectivity index (χ0v) is 14.9. The minimum atomic E-state index is -0.781. The van der Waals surface area contributed by atoms with Gasteiger partial charge in [0, 0.05) is 6.08 Å². The molecule has 0 bridgehead atoms.